The number of hydrogen-bond acceptors (Lipinski definition) is 5. The van der Waals surface area contributed by atoms with E-state index < -0.39 is 0 Å². The van der Waals surface area contributed by atoms with Gasteiger partial charge in [0.25, 0.3) is 0 Å². The predicted octanol–water partition coefficient (Wildman–Crippen LogP) is 6.74. The molecule has 0 bridgehead atoms. The molecule has 0 N–H and O–H groups in total. The maximum Gasteiger partial charge on any atom is 0.193 e. The Morgan fingerprint density at radius 3 is 1.17 bits per heavy atom. The minimum absolute atomic E-state index is 0.00861. The maximum atomic E-state index is 11.9. The lowest BCUT2D eigenvalue weighted by Gasteiger charge is -2.02. The SMILES string of the molecule is C=O.O=c1cc(-c2ccccc2)oc2ccccc12.O=c1cc(-c2ccccc2)oc2ccccc12. The van der Waals surface area contributed by atoms with Gasteiger partial charge in [0.1, 0.15) is 29.5 Å². The summed E-state index contributed by atoms with van der Waals surface area (Å²) in [6.07, 6.45) is 0. The predicted molar refractivity (Wildman–Crippen MR) is 143 cm³/mol. The number of rotatable bonds is 2. The second-order valence-electron chi connectivity index (χ2n) is 7.67. The molecule has 0 fully saturated rings. The van der Waals surface area contributed by atoms with Crippen molar-refractivity contribution in [2.45, 2.75) is 0 Å². The molecule has 0 aliphatic heterocycles. The summed E-state index contributed by atoms with van der Waals surface area (Å²) in [5.41, 5.74) is 3.06. The maximum absolute atomic E-state index is 11.9. The smallest absolute Gasteiger partial charge is 0.193 e. The van der Waals surface area contributed by atoms with Gasteiger partial charge in [-0.3, -0.25) is 9.59 Å². The molecular weight excluding hydrogens is 452 g/mol. The third-order valence-corrected chi connectivity index (χ3v) is 5.39. The van der Waals surface area contributed by atoms with E-state index in [0.717, 1.165) is 11.1 Å². The summed E-state index contributed by atoms with van der Waals surface area (Å²) in [6, 6.07) is 36.9. The molecule has 2 heterocycles. The molecule has 0 saturated heterocycles. The van der Waals surface area contributed by atoms with Crippen molar-refractivity contribution >= 4 is 28.7 Å². The molecule has 0 spiro atoms. The van der Waals surface area contributed by atoms with Crippen LogP contribution in [0.25, 0.3) is 44.6 Å². The van der Waals surface area contributed by atoms with Crippen molar-refractivity contribution in [2.75, 3.05) is 0 Å². The van der Waals surface area contributed by atoms with E-state index in [0.29, 0.717) is 33.5 Å². The van der Waals surface area contributed by atoms with Crippen LogP contribution in [0.4, 0.5) is 0 Å². The molecule has 0 unspecified atom stereocenters. The van der Waals surface area contributed by atoms with Gasteiger partial charge in [0.15, 0.2) is 10.9 Å². The zero-order valence-corrected chi connectivity index (χ0v) is 19.3. The molecule has 0 atom stereocenters. The van der Waals surface area contributed by atoms with E-state index in [1.165, 1.54) is 12.1 Å². The Labute approximate surface area is 206 Å². The van der Waals surface area contributed by atoms with E-state index >= 15 is 0 Å². The van der Waals surface area contributed by atoms with Crippen molar-refractivity contribution in [1.29, 1.82) is 0 Å². The summed E-state index contributed by atoms with van der Waals surface area (Å²) in [7, 11) is 0. The molecular formula is C31H22O5. The van der Waals surface area contributed by atoms with Crippen LogP contribution in [0.1, 0.15) is 0 Å². The molecule has 2 aromatic heterocycles. The molecule has 0 aliphatic carbocycles. The Kier molecular flexibility index (Phi) is 7.63. The van der Waals surface area contributed by atoms with Gasteiger partial charge in [-0.25, -0.2) is 0 Å². The van der Waals surface area contributed by atoms with E-state index in [1.807, 2.05) is 104 Å². The molecule has 6 aromatic rings. The number of fused-ring (bicyclic) bond motifs is 2. The van der Waals surface area contributed by atoms with Crippen LogP contribution in [0.2, 0.25) is 0 Å². The van der Waals surface area contributed by atoms with Crippen LogP contribution in [0.3, 0.4) is 0 Å². The second-order valence-corrected chi connectivity index (χ2v) is 7.67. The normalized spacial score (nSPS) is 10.1. The molecule has 0 amide bonds. The lowest BCUT2D eigenvalue weighted by molar-refractivity contribution is -0.0979. The van der Waals surface area contributed by atoms with E-state index in [9.17, 15) is 9.59 Å². The first-order chi connectivity index (χ1) is 17.7. The van der Waals surface area contributed by atoms with Gasteiger partial charge in [0, 0.05) is 23.3 Å². The highest BCUT2D eigenvalue weighted by molar-refractivity contribution is 5.79. The third kappa shape index (κ3) is 5.37. The van der Waals surface area contributed by atoms with Crippen LogP contribution < -0.4 is 10.9 Å². The quantitative estimate of drug-likeness (QED) is 0.278. The van der Waals surface area contributed by atoms with Crippen LogP contribution >= 0.6 is 0 Å². The van der Waals surface area contributed by atoms with Crippen molar-refractivity contribution in [2.24, 2.45) is 0 Å². The first-order valence-corrected chi connectivity index (χ1v) is 11.1. The molecule has 36 heavy (non-hydrogen) atoms. The number of para-hydroxylation sites is 2. The van der Waals surface area contributed by atoms with Crippen molar-refractivity contribution < 1.29 is 13.6 Å². The standard InChI is InChI=1S/2C15H10O2.CH2O/c2*16-13-10-15(11-6-2-1-3-7-11)17-14-9-5-4-8-12(13)14;1-2/h2*1-10H;1H2. The molecule has 176 valence electrons. The zero-order chi connectivity index (χ0) is 25.3. The summed E-state index contributed by atoms with van der Waals surface area (Å²) >= 11 is 0. The first kappa shape index (κ1) is 24.1. The molecule has 0 aliphatic rings. The first-order valence-electron chi connectivity index (χ1n) is 11.1. The number of carbonyl (C=O) groups excluding carboxylic acids is 1. The van der Waals surface area contributed by atoms with Crippen molar-refractivity contribution in [1.82, 2.24) is 0 Å². The lowest BCUT2D eigenvalue weighted by Crippen LogP contribution is -1.99. The number of benzene rings is 4. The second kappa shape index (κ2) is 11.4. The molecule has 0 radical (unpaired) electrons. The third-order valence-electron chi connectivity index (χ3n) is 5.39. The Morgan fingerprint density at radius 2 is 0.778 bits per heavy atom. The number of carbonyl (C=O) groups is 1. The summed E-state index contributed by atoms with van der Waals surface area (Å²) in [5.74, 6) is 1.21. The highest BCUT2D eigenvalue weighted by Gasteiger charge is 2.06. The van der Waals surface area contributed by atoms with Crippen molar-refractivity contribution in [3.05, 3.63) is 142 Å². The van der Waals surface area contributed by atoms with Gasteiger partial charge in [-0.1, -0.05) is 84.9 Å². The van der Waals surface area contributed by atoms with E-state index in [-0.39, 0.29) is 10.9 Å². The van der Waals surface area contributed by atoms with Crippen LogP contribution in [0.5, 0.6) is 0 Å². The minimum atomic E-state index is -0.00861. The summed E-state index contributed by atoms with van der Waals surface area (Å²) in [4.78, 5) is 31.8. The molecule has 6 rings (SSSR count). The van der Waals surface area contributed by atoms with Crippen LogP contribution in [0, 0.1) is 0 Å². The fourth-order valence-electron chi connectivity index (χ4n) is 3.70. The van der Waals surface area contributed by atoms with Gasteiger partial charge in [-0.05, 0) is 24.3 Å². The minimum Gasteiger partial charge on any atom is -0.456 e. The van der Waals surface area contributed by atoms with Crippen LogP contribution in [0.15, 0.2) is 140 Å². The summed E-state index contributed by atoms with van der Waals surface area (Å²) in [5, 5.41) is 1.24. The average Bonchev–Trinajstić information content (AvgIpc) is 2.95. The van der Waals surface area contributed by atoms with Gasteiger partial charge >= 0.3 is 0 Å². The zero-order valence-electron chi connectivity index (χ0n) is 19.3. The van der Waals surface area contributed by atoms with Gasteiger partial charge in [-0.15, -0.1) is 0 Å². The van der Waals surface area contributed by atoms with Crippen LogP contribution in [-0.2, 0) is 4.79 Å². The Morgan fingerprint density at radius 1 is 0.444 bits per heavy atom. The van der Waals surface area contributed by atoms with Gasteiger partial charge in [0.2, 0.25) is 0 Å². The van der Waals surface area contributed by atoms with Gasteiger partial charge in [0.05, 0.1) is 10.8 Å². The fourth-order valence-corrected chi connectivity index (χ4v) is 3.70. The Hall–Kier alpha value is -5.03. The summed E-state index contributed by atoms with van der Waals surface area (Å²) < 4.78 is 11.5. The average molecular weight is 475 g/mol. The summed E-state index contributed by atoms with van der Waals surface area (Å²) in [6.45, 7) is 2.00. The lowest BCUT2D eigenvalue weighted by atomic mass is 10.1. The monoisotopic (exact) mass is 474 g/mol. The molecule has 5 heteroatoms. The molecule has 0 saturated carbocycles. The van der Waals surface area contributed by atoms with Crippen LogP contribution in [-0.4, -0.2) is 6.79 Å². The van der Waals surface area contributed by atoms with E-state index in [1.54, 1.807) is 12.1 Å². The Balaban J connectivity index is 0.000000158. The van der Waals surface area contributed by atoms with E-state index in [2.05, 4.69) is 0 Å². The topological polar surface area (TPSA) is 77.5 Å². The Bertz CT molecular complexity index is 1570. The largest absolute Gasteiger partial charge is 0.456 e. The van der Waals surface area contributed by atoms with Crippen molar-refractivity contribution in [3.63, 3.8) is 0 Å². The van der Waals surface area contributed by atoms with Gasteiger partial charge < -0.3 is 13.6 Å². The highest BCUT2D eigenvalue weighted by Crippen LogP contribution is 2.22. The van der Waals surface area contributed by atoms with E-state index in [4.69, 9.17) is 13.6 Å². The molecule has 5 nitrogen and oxygen atoms in total. The molecule has 4 aromatic carbocycles. The fraction of sp³-hybridized carbons (Fsp3) is 0. The van der Waals surface area contributed by atoms with Gasteiger partial charge in [-0.2, -0.15) is 0 Å². The van der Waals surface area contributed by atoms with Crippen molar-refractivity contribution in [3.8, 4) is 22.6 Å². The number of hydrogen-bond donors (Lipinski definition) is 0. The highest BCUT2D eigenvalue weighted by atomic mass is 16.3.